The number of rotatable bonds is 5. The molecule has 0 saturated carbocycles. The summed E-state index contributed by atoms with van der Waals surface area (Å²) in [4.78, 5) is 4.25. The smallest absolute Gasteiger partial charge is 0.128 e. The van der Waals surface area contributed by atoms with Gasteiger partial charge in [-0.1, -0.05) is 19.1 Å². The van der Waals surface area contributed by atoms with E-state index in [9.17, 15) is 4.39 Å². The molecule has 1 N–H and O–H groups in total. The van der Waals surface area contributed by atoms with Crippen molar-refractivity contribution in [3.8, 4) is 0 Å². The molecule has 0 aliphatic carbocycles. The van der Waals surface area contributed by atoms with Crippen LogP contribution in [0.25, 0.3) is 0 Å². The van der Waals surface area contributed by atoms with Gasteiger partial charge in [-0.15, -0.1) is 0 Å². The number of nitrogens with one attached hydrogen (secondary N) is 1. The van der Waals surface area contributed by atoms with Crippen molar-refractivity contribution < 1.29 is 4.39 Å². The first-order valence-electron chi connectivity index (χ1n) is 7.44. The van der Waals surface area contributed by atoms with Crippen LogP contribution in [0.2, 0.25) is 0 Å². The normalized spacial score (nSPS) is 12.4. The fraction of sp³-hybridized carbons (Fsp3) is 0.389. The number of aryl methyl sites for hydroxylation is 3. The summed E-state index contributed by atoms with van der Waals surface area (Å²) in [5.74, 6) is -0.150. The average Bonchev–Trinajstić information content (AvgIpc) is 2.41. The zero-order chi connectivity index (χ0) is 15.4. The van der Waals surface area contributed by atoms with E-state index in [2.05, 4.69) is 23.3 Å². The second kappa shape index (κ2) is 6.81. The lowest BCUT2D eigenvalue weighted by molar-refractivity contribution is 0.542. The number of pyridine rings is 1. The Morgan fingerprint density at radius 1 is 1.10 bits per heavy atom. The molecule has 0 aliphatic rings. The van der Waals surface area contributed by atoms with E-state index >= 15 is 0 Å². The molecule has 2 rings (SSSR count). The topological polar surface area (TPSA) is 24.9 Å². The third-order valence-corrected chi connectivity index (χ3v) is 3.60. The SMILES string of the molecule is CCCNC(c1cncc(C)c1)c1c(C)cc(C)cc1F. The third-order valence-electron chi connectivity index (χ3n) is 3.60. The average molecular weight is 286 g/mol. The molecule has 1 heterocycles. The minimum Gasteiger partial charge on any atom is -0.306 e. The molecule has 2 nitrogen and oxygen atoms in total. The van der Waals surface area contributed by atoms with Crippen molar-refractivity contribution in [1.29, 1.82) is 0 Å². The van der Waals surface area contributed by atoms with Crippen LogP contribution in [0.4, 0.5) is 4.39 Å². The highest BCUT2D eigenvalue weighted by atomic mass is 19.1. The molecule has 0 bridgehead atoms. The number of hydrogen-bond donors (Lipinski definition) is 1. The highest BCUT2D eigenvalue weighted by Gasteiger charge is 2.20. The molecule has 3 heteroatoms. The van der Waals surface area contributed by atoms with Gasteiger partial charge in [-0.3, -0.25) is 4.98 Å². The maximum absolute atomic E-state index is 14.5. The predicted molar refractivity (Wildman–Crippen MR) is 85.0 cm³/mol. The Morgan fingerprint density at radius 3 is 2.48 bits per heavy atom. The van der Waals surface area contributed by atoms with Crippen molar-refractivity contribution >= 4 is 0 Å². The molecule has 0 spiro atoms. The second-order valence-corrected chi connectivity index (χ2v) is 5.66. The fourth-order valence-corrected chi connectivity index (χ4v) is 2.70. The molecular formula is C18H23FN2. The van der Waals surface area contributed by atoms with Crippen molar-refractivity contribution in [2.75, 3.05) is 6.54 Å². The Labute approximate surface area is 126 Å². The summed E-state index contributed by atoms with van der Waals surface area (Å²) < 4.78 is 14.5. The molecule has 1 unspecified atom stereocenters. The van der Waals surface area contributed by atoms with Crippen LogP contribution in [0.1, 0.15) is 47.2 Å². The third kappa shape index (κ3) is 3.67. The Balaban J connectivity index is 2.50. The highest BCUT2D eigenvalue weighted by Crippen LogP contribution is 2.28. The van der Waals surface area contributed by atoms with Gasteiger partial charge in [-0.2, -0.15) is 0 Å². The van der Waals surface area contributed by atoms with Gasteiger partial charge in [-0.05, 0) is 62.1 Å². The molecule has 0 aliphatic heterocycles. The largest absolute Gasteiger partial charge is 0.306 e. The van der Waals surface area contributed by atoms with Crippen molar-refractivity contribution in [2.24, 2.45) is 0 Å². The van der Waals surface area contributed by atoms with Crippen LogP contribution in [0.15, 0.2) is 30.6 Å². The number of benzene rings is 1. The van der Waals surface area contributed by atoms with Crippen LogP contribution in [0, 0.1) is 26.6 Å². The Kier molecular flexibility index (Phi) is 5.07. The van der Waals surface area contributed by atoms with E-state index in [1.165, 1.54) is 0 Å². The van der Waals surface area contributed by atoms with Gasteiger partial charge in [0, 0.05) is 18.0 Å². The first-order valence-corrected chi connectivity index (χ1v) is 7.44. The van der Waals surface area contributed by atoms with Gasteiger partial charge in [0.05, 0.1) is 6.04 Å². The number of aromatic nitrogens is 1. The molecule has 21 heavy (non-hydrogen) atoms. The zero-order valence-corrected chi connectivity index (χ0v) is 13.2. The van der Waals surface area contributed by atoms with Crippen LogP contribution in [-0.2, 0) is 0 Å². The molecule has 0 amide bonds. The fourth-order valence-electron chi connectivity index (χ4n) is 2.70. The summed E-state index contributed by atoms with van der Waals surface area (Å²) >= 11 is 0. The Morgan fingerprint density at radius 2 is 1.86 bits per heavy atom. The minimum absolute atomic E-state index is 0.150. The lowest BCUT2D eigenvalue weighted by Gasteiger charge is -2.22. The van der Waals surface area contributed by atoms with Crippen molar-refractivity contribution in [3.05, 3.63) is 64.2 Å². The van der Waals surface area contributed by atoms with Gasteiger partial charge in [0.1, 0.15) is 5.82 Å². The maximum atomic E-state index is 14.5. The second-order valence-electron chi connectivity index (χ2n) is 5.66. The summed E-state index contributed by atoms with van der Waals surface area (Å²) in [5, 5.41) is 3.45. The highest BCUT2D eigenvalue weighted by molar-refractivity contribution is 5.40. The molecular weight excluding hydrogens is 263 g/mol. The number of halogens is 1. The van der Waals surface area contributed by atoms with E-state index in [4.69, 9.17) is 0 Å². The van der Waals surface area contributed by atoms with E-state index in [1.54, 1.807) is 6.07 Å². The lowest BCUT2D eigenvalue weighted by atomic mass is 9.93. The quantitative estimate of drug-likeness (QED) is 0.889. The summed E-state index contributed by atoms with van der Waals surface area (Å²) in [6.45, 7) is 8.84. The van der Waals surface area contributed by atoms with E-state index < -0.39 is 0 Å². The van der Waals surface area contributed by atoms with Crippen molar-refractivity contribution in [3.63, 3.8) is 0 Å². The molecule has 2 aromatic rings. The lowest BCUT2D eigenvalue weighted by Crippen LogP contribution is -2.25. The molecule has 0 fully saturated rings. The number of hydrogen-bond acceptors (Lipinski definition) is 2. The summed E-state index contributed by atoms with van der Waals surface area (Å²) in [7, 11) is 0. The van der Waals surface area contributed by atoms with Gasteiger partial charge < -0.3 is 5.32 Å². The van der Waals surface area contributed by atoms with Gasteiger partial charge in [-0.25, -0.2) is 4.39 Å². The van der Waals surface area contributed by atoms with E-state index in [0.717, 1.165) is 40.8 Å². The molecule has 0 radical (unpaired) electrons. The van der Waals surface area contributed by atoms with Gasteiger partial charge in [0.15, 0.2) is 0 Å². The molecule has 112 valence electrons. The van der Waals surface area contributed by atoms with E-state index in [0.29, 0.717) is 0 Å². The van der Waals surface area contributed by atoms with E-state index in [-0.39, 0.29) is 11.9 Å². The predicted octanol–water partition coefficient (Wildman–Crippen LogP) is 4.23. The van der Waals surface area contributed by atoms with E-state index in [1.807, 2.05) is 39.2 Å². The monoisotopic (exact) mass is 286 g/mol. The Hall–Kier alpha value is -1.74. The summed E-state index contributed by atoms with van der Waals surface area (Å²) in [6, 6.07) is 5.55. The van der Waals surface area contributed by atoms with Crippen LogP contribution in [-0.4, -0.2) is 11.5 Å². The van der Waals surface area contributed by atoms with Crippen molar-refractivity contribution in [1.82, 2.24) is 10.3 Å². The summed E-state index contributed by atoms with van der Waals surface area (Å²) in [6.07, 6.45) is 4.64. The standard InChI is InChI=1S/C18H23FN2/c1-5-6-21-18(15-8-13(3)10-20-11-15)17-14(4)7-12(2)9-16(17)19/h7-11,18,21H,5-6H2,1-4H3. The van der Waals surface area contributed by atoms with Gasteiger partial charge in [0.2, 0.25) is 0 Å². The minimum atomic E-state index is -0.155. The van der Waals surface area contributed by atoms with Gasteiger partial charge >= 0.3 is 0 Å². The van der Waals surface area contributed by atoms with Crippen molar-refractivity contribution in [2.45, 2.75) is 40.2 Å². The first kappa shape index (κ1) is 15.6. The Bertz CT molecular complexity index is 599. The first-order chi connectivity index (χ1) is 10.0. The van der Waals surface area contributed by atoms with Crippen LogP contribution in [0.3, 0.4) is 0 Å². The maximum Gasteiger partial charge on any atom is 0.128 e. The molecule has 1 aromatic carbocycles. The van der Waals surface area contributed by atoms with Crippen LogP contribution in [0.5, 0.6) is 0 Å². The van der Waals surface area contributed by atoms with Gasteiger partial charge in [0.25, 0.3) is 0 Å². The molecule has 1 aromatic heterocycles. The van der Waals surface area contributed by atoms with Crippen LogP contribution >= 0.6 is 0 Å². The number of nitrogens with zero attached hydrogens (tertiary/aromatic N) is 1. The molecule has 0 saturated heterocycles. The molecule has 1 atom stereocenters. The summed E-state index contributed by atoms with van der Waals surface area (Å²) in [5.41, 5.74) is 4.74. The van der Waals surface area contributed by atoms with Crippen LogP contribution < -0.4 is 5.32 Å². The zero-order valence-electron chi connectivity index (χ0n) is 13.2.